The summed E-state index contributed by atoms with van der Waals surface area (Å²) in [6.07, 6.45) is 1.56. The van der Waals surface area contributed by atoms with Crippen molar-refractivity contribution in [1.29, 1.82) is 0 Å². The first kappa shape index (κ1) is 9.15. The predicted octanol–water partition coefficient (Wildman–Crippen LogP) is 3.27. The van der Waals surface area contributed by atoms with Crippen LogP contribution in [0.4, 0.5) is 4.39 Å². The predicted molar refractivity (Wildman–Crippen MR) is 58.5 cm³/mol. The van der Waals surface area contributed by atoms with Crippen LogP contribution in [0.1, 0.15) is 5.69 Å². The van der Waals surface area contributed by atoms with E-state index in [0.717, 1.165) is 5.69 Å². The smallest absolute Gasteiger partial charge is 0.135 e. The Balaban J connectivity index is 2.30. The molecule has 3 rings (SSSR count). The molecule has 1 aromatic carbocycles. The van der Waals surface area contributed by atoms with Crippen LogP contribution in [0.15, 0.2) is 34.9 Å². The second kappa shape index (κ2) is 3.20. The molecule has 0 unspecified atom stereocenters. The quantitative estimate of drug-likeness (QED) is 0.678. The highest BCUT2D eigenvalue weighted by atomic mass is 19.1. The number of nitrogens with one attached hydrogen (secondary N) is 1. The first-order valence-electron chi connectivity index (χ1n) is 4.94. The lowest BCUT2D eigenvalue weighted by molar-refractivity contribution is 0.580. The number of H-pyrrole nitrogens is 1. The minimum Gasteiger partial charge on any atom is -0.464 e. The highest BCUT2D eigenvalue weighted by Crippen LogP contribution is 2.27. The largest absolute Gasteiger partial charge is 0.464 e. The molecule has 3 nitrogen and oxygen atoms in total. The van der Waals surface area contributed by atoms with Gasteiger partial charge in [0.15, 0.2) is 0 Å². The molecule has 0 aliphatic heterocycles. The first-order chi connectivity index (χ1) is 7.75. The van der Waals surface area contributed by atoms with Crippen LogP contribution >= 0.6 is 0 Å². The van der Waals surface area contributed by atoms with Crippen LogP contribution in [-0.2, 0) is 0 Å². The summed E-state index contributed by atoms with van der Waals surface area (Å²) in [7, 11) is 0. The molecule has 0 spiro atoms. The van der Waals surface area contributed by atoms with Crippen LogP contribution in [-0.4, -0.2) is 10.2 Å². The van der Waals surface area contributed by atoms with Crippen LogP contribution in [0, 0.1) is 12.7 Å². The van der Waals surface area contributed by atoms with Gasteiger partial charge in [0.05, 0.1) is 17.2 Å². The van der Waals surface area contributed by atoms with Gasteiger partial charge in [0.1, 0.15) is 11.6 Å². The van der Waals surface area contributed by atoms with E-state index in [9.17, 15) is 4.39 Å². The van der Waals surface area contributed by atoms with E-state index in [4.69, 9.17) is 4.42 Å². The molecule has 3 aromatic rings. The maximum Gasteiger partial charge on any atom is 0.135 e. The number of aryl methyl sites for hydroxylation is 1. The van der Waals surface area contributed by atoms with Gasteiger partial charge in [-0.1, -0.05) is 0 Å². The number of benzene rings is 1. The van der Waals surface area contributed by atoms with E-state index >= 15 is 0 Å². The fourth-order valence-corrected chi connectivity index (χ4v) is 1.84. The number of hydrogen-bond acceptors (Lipinski definition) is 2. The van der Waals surface area contributed by atoms with Crippen molar-refractivity contribution in [3.05, 3.63) is 42.0 Å². The number of rotatable bonds is 1. The number of aromatic amines is 1. The number of aromatic nitrogens is 2. The van der Waals surface area contributed by atoms with Crippen LogP contribution in [0.5, 0.6) is 0 Å². The monoisotopic (exact) mass is 216 g/mol. The maximum absolute atomic E-state index is 13.8. The standard InChI is InChI=1S/C12H9FN2O/c1-7-12-9(13)5-8(6-10(12)15-14-7)11-3-2-4-16-11/h2-6H,1H3,(H,14,15). The molecule has 0 atom stereocenters. The summed E-state index contributed by atoms with van der Waals surface area (Å²) in [5.74, 6) is 0.358. The Bertz CT molecular complexity index is 640. The number of fused-ring (bicyclic) bond motifs is 1. The summed E-state index contributed by atoms with van der Waals surface area (Å²) in [6, 6.07) is 6.83. The maximum atomic E-state index is 13.8. The van der Waals surface area contributed by atoms with Gasteiger partial charge >= 0.3 is 0 Å². The van der Waals surface area contributed by atoms with Crippen LogP contribution < -0.4 is 0 Å². The number of furan rings is 1. The summed E-state index contributed by atoms with van der Waals surface area (Å²) in [5.41, 5.74) is 2.05. The third-order valence-corrected chi connectivity index (χ3v) is 2.59. The molecule has 16 heavy (non-hydrogen) atoms. The topological polar surface area (TPSA) is 41.8 Å². The molecule has 4 heteroatoms. The molecule has 2 aromatic heterocycles. The molecule has 0 fully saturated rings. The van der Waals surface area contributed by atoms with E-state index in [0.29, 0.717) is 22.2 Å². The summed E-state index contributed by atoms with van der Waals surface area (Å²) in [5, 5.41) is 7.35. The highest BCUT2D eigenvalue weighted by molar-refractivity contribution is 5.86. The van der Waals surface area contributed by atoms with Gasteiger partial charge in [-0.05, 0) is 31.2 Å². The fraction of sp³-hybridized carbons (Fsp3) is 0.0833. The fourth-order valence-electron chi connectivity index (χ4n) is 1.84. The molecule has 0 bridgehead atoms. The normalized spacial score (nSPS) is 11.1. The molecule has 0 saturated heterocycles. The zero-order valence-corrected chi connectivity index (χ0v) is 8.62. The lowest BCUT2D eigenvalue weighted by Gasteiger charge is -1.98. The Morgan fingerprint density at radius 1 is 1.38 bits per heavy atom. The molecule has 0 aliphatic carbocycles. The van der Waals surface area contributed by atoms with Gasteiger partial charge in [-0.3, -0.25) is 5.10 Å². The SMILES string of the molecule is Cc1[nH]nc2cc(-c3ccco3)cc(F)c12. The number of halogens is 1. The third kappa shape index (κ3) is 1.23. The average molecular weight is 216 g/mol. The van der Waals surface area contributed by atoms with Crippen LogP contribution in [0.3, 0.4) is 0 Å². The summed E-state index contributed by atoms with van der Waals surface area (Å²) >= 11 is 0. The van der Waals surface area contributed by atoms with Gasteiger partial charge in [-0.2, -0.15) is 5.10 Å². The van der Waals surface area contributed by atoms with Gasteiger partial charge in [0.25, 0.3) is 0 Å². The van der Waals surface area contributed by atoms with Gasteiger partial charge < -0.3 is 4.42 Å². The van der Waals surface area contributed by atoms with Crippen LogP contribution in [0.2, 0.25) is 0 Å². The Morgan fingerprint density at radius 2 is 2.25 bits per heavy atom. The van der Waals surface area contributed by atoms with E-state index in [2.05, 4.69) is 10.2 Å². The lowest BCUT2D eigenvalue weighted by atomic mass is 10.1. The molecule has 0 radical (unpaired) electrons. The second-order valence-corrected chi connectivity index (χ2v) is 3.68. The average Bonchev–Trinajstić information content (AvgIpc) is 2.87. The Labute approximate surface area is 90.9 Å². The van der Waals surface area contributed by atoms with E-state index in [1.807, 2.05) is 0 Å². The van der Waals surface area contributed by atoms with Gasteiger partial charge in [-0.25, -0.2) is 4.39 Å². The summed E-state index contributed by atoms with van der Waals surface area (Å²) in [4.78, 5) is 0. The summed E-state index contributed by atoms with van der Waals surface area (Å²) in [6.45, 7) is 1.80. The van der Waals surface area contributed by atoms with Gasteiger partial charge in [0.2, 0.25) is 0 Å². The Hall–Kier alpha value is -2.10. The Kier molecular flexibility index (Phi) is 1.83. The minimum atomic E-state index is -0.282. The van der Waals surface area contributed by atoms with E-state index in [1.165, 1.54) is 6.07 Å². The molecule has 0 saturated carbocycles. The molecule has 80 valence electrons. The van der Waals surface area contributed by atoms with Crippen molar-refractivity contribution in [2.24, 2.45) is 0 Å². The van der Waals surface area contributed by atoms with Crippen molar-refractivity contribution in [3.8, 4) is 11.3 Å². The lowest BCUT2D eigenvalue weighted by Crippen LogP contribution is -1.82. The van der Waals surface area contributed by atoms with Crippen molar-refractivity contribution in [2.75, 3.05) is 0 Å². The zero-order chi connectivity index (χ0) is 11.1. The third-order valence-electron chi connectivity index (χ3n) is 2.59. The second-order valence-electron chi connectivity index (χ2n) is 3.68. The number of nitrogens with zero attached hydrogens (tertiary/aromatic N) is 1. The first-order valence-corrected chi connectivity index (χ1v) is 4.94. The molecule has 1 N–H and O–H groups in total. The highest BCUT2D eigenvalue weighted by Gasteiger charge is 2.11. The van der Waals surface area contributed by atoms with Gasteiger partial charge in [0, 0.05) is 11.3 Å². The van der Waals surface area contributed by atoms with Crippen molar-refractivity contribution in [3.63, 3.8) is 0 Å². The molecule has 0 amide bonds. The van der Waals surface area contributed by atoms with Gasteiger partial charge in [-0.15, -0.1) is 0 Å². The molecule has 0 aliphatic rings. The van der Waals surface area contributed by atoms with E-state index < -0.39 is 0 Å². The Morgan fingerprint density at radius 3 is 3.00 bits per heavy atom. The van der Waals surface area contributed by atoms with E-state index in [1.54, 1.807) is 31.4 Å². The molecule has 2 heterocycles. The number of hydrogen-bond donors (Lipinski definition) is 1. The zero-order valence-electron chi connectivity index (χ0n) is 8.62. The summed E-state index contributed by atoms with van der Waals surface area (Å²) < 4.78 is 19.1. The van der Waals surface area contributed by atoms with E-state index in [-0.39, 0.29) is 5.82 Å². The molecular formula is C12H9FN2O. The van der Waals surface area contributed by atoms with Crippen molar-refractivity contribution in [2.45, 2.75) is 6.92 Å². The van der Waals surface area contributed by atoms with Crippen LogP contribution in [0.25, 0.3) is 22.2 Å². The minimum absolute atomic E-state index is 0.282. The van der Waals surface area contributed by atoms with Crippen molar-refractivity contribution in [1.82, 2.24) is 10.2 Å². The van der Waals surface area contributed by atoms with Crippen molar-refractivity contribution < 1.29 is 8.81 Å². The molecular weight excluding hydrogens is 207 g/mol. The van der Waals surface area contributed by atoms with Crippen molar-refractivity contribution >= 4 is 10.9 Å².